The van der Waals surface area contributed by atoms with Gasteiger partial charge in [-0.25, -0.2) is 0 Å². The fraction of sp³-hybridized carbons (Fsp3) is 0.125. The van der Waals surface area contributed by atoms with Crippen LogP contribution in [0, 0.1) is 0 Å². The van der Waals surface area contributed by atoms with Gasteiger partial charge in [-0.2, -0.15) is 0 Å². The van der Waals surface area contributed by atoms with Crippen molar-refractivity contribution in [1.29, 1.82) is 0 Å². The van der Waals surface area contributed by atoms with E-state index in [1.165, 1.54) is 0 Å². The lowest BCUT2D eigenvalue weighted by Gasteiger charge is -2.24. The molecular formula is C24H20ClNO2. The van der Waals surface area contributed by atoms with Gasteiger partial charge in [-0.3, -0.25) is 4.79 Å². The standard InChI is InChI=1S/C24H20ClNO2/c25-21-13-11-20(12-14-21)24(28)17-26(16-19-9-5-2-6-10-19)23(27)22(24)15-18-7-3-1-4-8-18/h1-15,28H,16-17H2/b22-15-. The van der Waals surface area contributed by atoms with Crippen LogP contribution in [0.4, 0.5) is 0 Å². The number of halogens is 1. The maximum absolute atomic E-state index is 13.2. The van der Waals surface area contributed by atoms with Gasteiger partial charge < -0.3 is 10.0 Å². The Hall–Kier alpha value is -2.88. The first-order chi connectivity index (χ1) is 13.6. The van der Waals surface area contributed by atoms with Gasteiger partial charge in [0.25, 0.3) is 5.91 Å². The van der Waals surface area contributed by atoms with Crippen LogP contribution in [0.2, 0.25) is 5.02 Å². The first kappa shape index (κ1) is 18.5. The maximum Gasteiger partial charge on any atom is 0.253 e. The van der Waals surface area contributed by atoms with Gasteiger partial charge in [0.2, 0.25) is 0 Å². The summed E-state index contributed by atoms with van der Waals surface area (Å²) in [4.78, 5) is 14.9. The molecule has 1 aliphatic heterocycles. The Balaban J connectivity index is 1.76. The molecule has 4 rings (SSSR count). The molecule has 1 saturated heterocycles. The Kier molecular flexibility index (Phi) is 5.03. The summed E-state index contributed by atoms with van der Waals surface area (Å²) in [6.07, 6.45) is 1.78. The van der Waals surface area contributed by atoms with E-state index in [2.05, 4.69) is 0 Å². The number of hydrogen-bond acceptors (Lipinski definition) is 2. The molecular weight excluding hydrogens is 370 g/mol. The minimum atomic E-state index is -1.40. The molecule has 28 heavy (non-hydrogen) atoms. The van der Waals surface area contributed by atoms with Crippen molar-refractivity contribution in [1.82, 2.24) is 4.90 Å². The molecule has 1 amide bonds. The molecule has 4 heteroatoms. The van der Waals surface area contributed by atoms with Crippen LogP contribution in [0.15, 0.2) is 90.5 Å². The Morgan fingerprint density at radius 1 is 0.929 bits per heavy atom. The molecule has 140 valence electrons. The third kappa shape index (κ3) is 3.59. The average Bonchev–Trinajstić information content (AvgIpc) is 2.95. The molecule has 1 fully saturated rings. The molecule has 3 aromatic carbocycles. The van der Waals surface area contributed by atoms with E-state index in [4.69, 9.17) is 11.6 Å². The third-order valence-corrected chi connectivity index (χ3v) is 5.28. The van der Waals surface area contributed by atoms with Crippen LogP contribution in [0.3, 0.4) is 0 Å². The van der Waals surface area contributed by atoms with Crippen molar-refractivity contribution >= 4 is 23.6 Å². The molecule has 1 aliphatic rings. The molecule has 0 saturated carbocycles. The number of rotatable bonds is 4. The van der Waals surface area contributed by atoms with Crippen molar-refractivity contribution in [2.24, 2.45) is 0 Å². The van der Waals surface area contributed by atoms with E-state index < -0.39 is 5.60 Å². The van der Waals surface area contributed by atoms with Crippen molar-refractivity contribution in [3.8, 4) is 0 Å². The number of nitrogens with zero attached hydrogens (tertiary/aromatic N) is 1. The molecule has 0 bridgehead atoms. The van der Waals surface area contributed by atoms with Crippen LogP contribution in [0.25, 0.3) is 6.08 Å². The molecule has 0 spiro atoms. The van der Waals surface area contributed by atoms with Gasteiger partial charge in [0.05, 0.1) is 12.1 Å². The summed E-state index contributed by atoms with van der Waals surface area (Å²) in [6, 6.07) is 26.4. The van der Waals surface area contributed by atoms with Crippen LogP contribution < -0.4 is 0 Å². The van der Waals surface area contributed by atoms with Crippen molar-refractivity contribution < 1.29 is 9.90 Å². The quantitative estimate of drug-likeness (QED) is 0.659. The first-order valence-corrected chi connectivity index (χ1v) is 9.53. The average molecular weight is 390 g/mol. The highest BCUT2D eigenvalue weighted by atomic mass is 35.5. The molecule has 1 N–H and O–H groups in total. The van der Waals surface area contributed by atoms with Crippen LogP contribution >= 0.6 is 11.6 Å². The largest absolute Gasteiger partial charge is 0.378 e. The Morgan fingerprint density at radius 3 is 2.18 bits per heavy atom. The number of β-amino-alcohol motifs (C(OH)–C–C–N with tert-alkyl or cyclic N) is 1. The summed E-state index contributed by atoms with van der Waals surface area (Å²) >= 11 is 6.02. The normalized spacial score (nSPS) is 20.7. The van der Waals surface area contributed by atoms with Gasteiger partial charge in [0.15, 0.2) is 0 Å². The van der Waals surface area contributed by atoms with Crippen molar-refractivity contribution in [3.05, 3.63) is 112 Å². The van der Waals surface area contributed by atoms with E-state index in [0.29, 0.717) is 22.7 Å². The summed E-state index contributed by atoms with van der Waals surface area (Å²) in [5, 5.41) is 12.2. The number of likely N-dealkylation sites (tertiary alicyclic amines) is 1. The predicted octanol–water partition coefficient (Wildman–Crippen LogP) is 4.65. The maximum atomic E-state index is 13.2. The summed E-state index contributed by atoms with van der Waals surface area (Å²) in [5.41, 5.74) is 1.53. The second-order valence-corrected chi connectivity index (χ2v) is 7.42. The molecule has 1 heterocycles. The smallest absolute Gasteiger partial charge is 0.253 e. The highest BCUT2D eigenvalue weighted by Crippen LogP contribution is 2.39. The van der Waals surface area contributed by atoms with Gasteiger partial charge in [-0.1, -0.05) is 84.4 Å². The number of hydrogen-bond donors (Lipinski definition) is 1. The molecule has 1 unspecified atom stereocenters. The highest BCUT2D eigenvalue weighted by Gasteiger charge is 2.47. The third-order valence-electron chi connectivity index (χ3n) is 5.03. The summed E-state index contributed by atoms with van der Waals surface area (Å²) in [5.74, 6) is -0.162. The van der Waals surface area contributed by atoms with Crippen molar-refractivity contribution in [3.63, 3.8) is 0 Å². The molecule has 0 radical (unpaired) electrons. The number of carbonyl (C=O) groups excluding carboxylic acids is 1. The van der Waals surface area contributed by atoms with Gasteiger partial charge >= 0.3 is 0 Å². The summed E-state index contributed by atoms with van der Waals surface area (Å²) in [6.45, 7) is 0.642. The lowest BCUT2D eigenvalue weighted by atomic mass is 9.87. The van der Waals surface area contributed by atoms with Crippen molar-refractivity contribution in [2.45, 2.75) is 12.1 Å². The number of benzene rings is 3. The van der Waals surface area contributed by atoms with Crippen LogP contribution in [-0.4, -0.2) is 22.5 Å². The number of aliphatic hydroxyl groups is 1. The van der Waals surface area contributed by atoms with E-state index in [9.17, 15) is 9.90 Å². The fourth-order valence-electron chi connectivity index (χ4n) is 3.58. The van der Waals surface area contributed by atoms with Gasteiger partial charge in [-0.15, -0.1) is 0 Å². The monoisotopic (exact) mass is 389 g/mol. The second kappa shape index (κ2) is 7.63. The first-order valence-electron chi connectivity index (χ1n) is 9.15. The number of carbonyl (C=O) groups is 1. The van der Waals surface area contributed by atoms with Gasteiger partial charge in [0.1, 0.15) is 5.60 Å². The fourth-order valence-corrected chi connectivity index (χ4v) is 3.71. The molecule has 1 atom stereocenters. The molecule has 3 nitrogen and oxygen atoms in total. The lowest BCUT2D eigenvalue weighted by molar-refractivity contribution is -0.125. The zero-order valence-corrected chi connectivity index (χ0v) is 16.0. The van der Waals surface area contributed by atoms with Crippen LogP contribution in [0.1, 0.15) is 16.7 Å². The zero-order valence-electron chi connectivity index (χ0n) is 15.3. The van der Waals surface area contributed by atoms with Crippen LogP contribution in [-0.2, 0) is 16.9 Å². The van der Waals surface area contributed by atoms with Crippen molar-refractivity contribution in [2.75, 3.05) is 6.54 Å². The Labute approximate surface area is 169 Å². The lowest BCUT2D eigenvalue weighted by Crippen LogP contribution is -2.31. The van der Waals surface area contributed by atoms with Gasteiger partial charge in [0, 0.05) is 11.6 Å². The topological polar surface area (TPSA) is 40.5 Å². The Morgan fingerprint density at radius 2 is 1.54 bits per heavy atom. The van der Waals surface area contributed by atoms with E-state index in [1.807, 2.05) is 60.7 Å². The highest BCUT2D eigenvalue weighted by molar-refractivity contribution is 6.30. The zero-order chi connectivity index (χ0) is 19.6. The second-order valence-electron chi connectivity index (χ2n) is 6.98. The SMILES string of the molecule is O=C1/C(=C/c2ccccc2)C(O)(c2ccc(Cl)cc2)CN1Cc1ccccc1. The van der Waals surface area contributed by atoms with E-state index in [0.717, 1.165) is 11.1 Å². The molecule has 0 aromatic heterocycles. The van der Waals surface area contributed by atoms with E-state index in [-0.39, 0.29) is 12.5 Å². The van der Waals surface area contributed by atoms with E-state index >= 15 is 0 Å². The summed E-state index contributed by atoms with van der Waals surface area (Å²) < 4.78 is 0. The predicted molar refractivity (Wildman–Crippen MR) is 112 cm³/mol. The minimum Gasteiger partial charge on any atom is -0.378 e. The summed E-state index contributed by atoms with van der Waals surface area (Å²) in [7, 11) is 0. The van der Waals surface area contributed by atoms with Gasteiger partial charge in [-0.05, 0) is 34.9 Å². The minimum absolute atomic E-state index is 0.162. The molecule has 0 aliphatic carbocycles. The number of amides is 1. The Bertz CT molecular complexity index is 1000. The van der Waals surface area contributed by atoms with Crippen LogP contribution in [0.5, 0.6) is 0 Å². The van der Waals surface area contributed by atoms with E-state index in [1.54, 1.807) is 35.2 Å². The molecule has 3 aromatic rings.